The lowest BCUT2D eigenvalue weighted by molar-refractivity contribution is 0.236. The highest BCUT2D eigenvalue weighted by atomic mass is 35.5. The zero-order valence-electron chi connectivity index (χ0n) is 17.2. The Morgan fingerprint density at radius 1 is 1.12 bits per heavy atom. The van der Waals surface area contributed by atoms with Crippen molar-refractivity contribution in [1.29, 1.82) is 0 Å². The number of hydrogen-bond acceptors (Lipinski definition) is 2. The lowest BCUT2D eigenvalue weighted by Crippen LogP contribution is -2.40. The lowest BCUT2D eigenvalue weighted by Gasteiger charge is -2.31. The third kappa shape index (κ3) is 11.3. The van der Waals surface area contributed by atoms with Crippen LogP contribution in [0.1, 0.15) is 53.1 Å². The van der Waals surface area contributed by atoms with Crippen LogP contribution in [0.5, 0.6) is 0 Å². The van der Waals surface area contributed by atoms with E-state index in [9.17, 15) is 0 Å². The molecule has 0 aliphatic heterocycles. The van der Waals surface area contributed by atoms with Crippen molar-refractivity contribution in [3.63, 3.8) is 0 Å². The van der Waals surface area contributed by atoms with Gasteiger partial charge in [0.05, 0.1) is 6.10 Å². The molecule has 2 atom stereocenters. The van der Waals surface area contributed by atoms with E-state index < -0.39 is 6.10 Å². The van der Waals surface area contributed by atoms with Gasteiger partial charge in [0.2, 0.25) is 0 Å². The minimum Gasteiger partial charge on any atom is -0.389 e. The molecular weight excluding hydrogens is 342 g/mol. The van der Waals surface area contributed by atoms with Crippen LogP contribution in [0, 0.1) is 5.92 Å². The van der Waals surface area contributed by atoms with Crippen molar-refractivity contribution in [1.82, 2.24) is 5.32 Å². The van der Waals surface area contributed by atoms with E-state index in [2.05, 4.69) is 83.4 Å². The average molecular weight is 378 g/mol. The molecule has 0 radical (unpaired) electrons. The molecule has 0 bridgehead atoms. The molecule has 2 unspecified atom stereocenters. The van der Waals surface area contributed by atoms with Crippen LogP contribution in [0.2, 0.25) is 0 Å². The third-order valence-corrected chi connectivity index (χ3v) is 4.00. The van der Waals surface area contributed by atoms with Crippen LogP contribution in [0.25, 0.3) is 0 Å². The van der Waals surface area contributed by atoms with Gasteiger partial charge < -0.3 is 10.4 Å². The van der Waals surface area contributed by atoms with Crippen LogP contribution in [0.3, 0.4) is 0 Å². The van der Waals surface area contributed by atoms with Crippen molar-refractivity contribution in [3.8, 4) is 0 Å². The third-order valence-electron chi connectivity index (χ3n) is 3.66. The van der Waals surface area contributed by atoms with Crippen molar-refractivity contribution in [2.24, 2.45) is 5.92 Å². The van der Waals surface area contributed by atoms with Gasteiger partial charge in [-0.25, -0.2) is 0 Å². The maximum atomic E-state index is 8.99. The SMILES string of the molecule is C=C(/C=C\C(=C)C(C)O)CCl.CC(C)C(NC(C)(C)C)c1ccccc1. The summed E-state index contributed by atoms with van der Waals surface area (Å²) in [5.74, 6) is 1.01. The Labute approximate surface area is 165 Å². The minimum atomic E-state index is -0.505. The largest absolute Gasteiger partial charge is 0.389 e. The van der Waals surface area contributed by atoms with Gasteiger partial charge in [-0.2, -0.15) is 0 Å². The molecule has 146 valence electrons. The van der Waals surface area contributed by atoms with Crippen molar-refractivity contribution in [2.45, 2.75) is 59.2 Å². The van der Waals surface area contributed by atoms with Crippen molar-refractivity contribution >= 4 is 11.6 Å². The molecule has 0 saturated carbocycles. The molecule has 26 heavy (non-hydrogen) atoms. The first-order valence-electron chi connectivity index (χ1n) is 9.09. The van der Waals surface area contributed by atoms with E-state index in [1.54, 1.807) is 19.1 Å². The molecule has 1 aromatic rings. The number of allylic oxidation sites excluding steroid dienone is 2. The van der Waals surface area contributed by atoms with E-state index in [0.717, 1.165) is 5.57 Å². The highest BCUT2D eigenvalue weighted by Gasteiger charge is 2.21. The molecule has 0 heterocycles. The number of aliphatic hydroxyl groups excluding tert-OH is 1. The Hall–Kier alpha value is -1.35. The summed E-state index contributed by atoms with van der Waals surface area (Å²) in [6, 6.07) is 11.1. The van der Waals surface area contributed by atoms with Gasteiger partial charge in [-0.1, -0.05) is 69.5 Å². The summed E-state index contributed by atoms with van der Waals surface area (Å²) in [6.45, 7) is 20.1. The number of rotatable bonds is 7. The number of hydrogen-bond donors (Lipinski definition) is 2. The number of aliphatic hydroxyl groups is 1. The van der Waals surface area contributed by atoms with Gasteiger partial charge in [0.1, 0.15) is 0 Å². The normalized spacial score (nSPS) is 13.9. The quantitative estimate of drug-likeness (QED) is 0.448. The molecule has 2 N–H and O–H groups in total. The Balaban J connectivity index is 0.000000508. The van der Waals surface area contributed by atoms with Crippen LogP contribution in [0.4, 0.5) is 0 Å². The molecule has 0 fully saturated rings. The van der Waals surface area contributed by atoms with Gasteiger partial charge in [0.25, 0.3) is 0 Å². The smallest absolute Gasteiger partial charge is 0.0756 e. The number of nitrogens with one attached hydrogen (secondary N) is 1. The number of halogens is 1. The summed E-state index contributed by atoms with van der Waals surface area (Å²) < 4.78 is 0. The van der Waals surface area contributed by atoms with E-state index in [4.69, 9.17) is 16.7 Å². The summed E-state index contributed by atoms with van der Waals surface area (Å²) in [6.07, 6.45) is 2.96. The summed E-state index contributed by atoms with van der Waals surface area (Å²) in [7, 11) is 0. The molecule has 0 aliphatic rings. The maximum Gasteiger partial charge on any atom is 0.0756 e. The highest BCUT2D eigenvalue weighted by Crippen LogP contribution is 2.23. The van der Waals surface area contributed by atoms with Crippen molar-refractivity contribution in [3.05, 3.63) is 72.4 Å². The van der Waals surface area contributed by atoms with Gasteiger partial charge in [0.15, 0.2) is 0 Å². The van der Waals surface area contributed by atoms with Gasteiger partial charge in [-0.3, -0.25) is 0 Å². The Bertz CT molecular complexity index is 568. The highest BCUT2D eigenvalue weighted by molar-refractivity contribution is 6.19. The van der Waals surface area contributed by atoms with Gasteiger partial charge in [0, 0.05) is 17.5 Å². The Morgan fingerprint density at radius 3 is 2.04 bits per heavy atom. The van der Waals surface area contributed by atoms with Gasteiger partial charge in [-0.15, -0.1) is 11.6 Å². The predicted molar refractivity (Wildman–Crippen MR) is 117 cm³/mol. The van der Waals surface area contributed by atoms with Gasteiger partial charge >= 0.3 is 0 Å². The van der Waals surface area contributed by atoms with Crippen LogP contribution < -0.4 is 5.32 Å². The summed E-state index contributed by atoms with van der Waals surface area (Å²) >= 11 is 5.47. The fourth-order valence-corrected chi connectivity index (χ4v) is 2.26. The molecule has 1 aromatic carbocycles. The molecule has 2 nitrogen and oxygen atoms in total. The monoisotopic (exact) mass is 377 g/mol. The topological polar surface area (TPSA) is 32.3 Å². The van der Waals surface area contributed by atoms with E-state index in [1.807, 2.05) is 0 Å². The number of alkyl halides is 1. The summed E-state index contributed by atoms with van der Waals surface area (Å²) in [4.78, 5) is 0. The molecule has 0 amide bonds. The molecule has 1 rings (SSSR count). The second-order valence-corrected chi connectivity index (χ2v) is 8.17. The second-order valence-electron chi connectivity index (χ2n) is 7.90. The summed E-state index contributed by atoms with van der Waals surface area (Å²) in [5.41, 5.74) is 3.01. The van der Waals surface area contributed by atoms with E-state index in [-0.39, 0.29) is 5.54 Å². The first kappa shape index (κ1) is 24.7. The van der Waals surface area contributed by atoms with Crippen molar-refractivity contribution < 1.29 is 5.11 Å². The van der Waals surface area contributed by atoms with E-state index in [0.29, 0.717) is 23.4 Å². The van der Waals surface area contributed by atoms with Crippen LogP contribution in [-0.2, 0) is 0 Å². The summed E-state index contributed by atoms with van der Waals surface area (Å²) in [5, 5.41) is 12.7. The van der Waals surface area contributed by atoms with Crippen LogP contribution in [0.15, 0.2) is 66.8 Å². The van der Waals surface area contributed by atoms with Crippen molar-refractivity contribution in [2.75, 3.05) is 5.88 Å². The molecule has 0 aliphatic carbocycles. The molecule has 3 heteroatoms. The van der Waals surface area contributed by atoms with Crippen LogP contribution in [-0.4, -0.2) is 22.6 Å². The molecule has 0 spiro atoms. The Morgan fingerprint density at radius 2 is 1.65 bits per heavy atom. The first-order chi connectivity index (χ1) is 12.0. The molecular formula is C23H36ClNO. The average Bonchev–Trinajstić information content (AvgIpc) is 2.57. The maximum absolute atomic E-state index is 8.99. The zero-order chi connectivity index (χ0) is 20.3. The fraction of sp³-hybridized carbons (Fsp3) is 0.478. The first-order valence-corrected chi connectivity index (χ1v) is 9.62. The number of benzene rings is 1. The lowest BCUT2D eigenvalue weighted by atomic mass is 9.93. The van der Waals surface area contributed by atoms with E-state index >= 15 is 0 Å². The van der Waals surface area contributed by atoms with Gasteiger partial charge in [-0.05, 0) is 50.3 Å². The Kier molecular flexibility index (Phi) is 11.5. The molecule has 0 saturated heterocycles. The predicted octanol–water partition coefficient (Wildman–Crippen LogP) is 6.05. The standard InChI is InChI=1S/C14H23N.C9H13ClO/c1-11(2)13(15-14(3,4)5)12-9-7-6-8-10-12;1-7(6-10)4-5-8(2)9(3)11/h6-11,13,15H,1-5H3;4-5,9,11H,1-2,6H2,3H3/b;5-4-. The second kappa shape index (κ2) is 12.1. The zero-order valence-corrected chi connectivity index (χ0v) is 18.0. The fourth-order valence-electron chi connectivity index (χ4n) is 2.17. The minimum absolute atomic E-state index is 0.158. The van der Waals surface area contributed by atoms with E-state index in [1.165, 1.54) is 5.56 Å². The van der Waals surface area contributed by atoms with Crippen LogP contribution >= 0.6 is 11.6 Å². The molecule has 0 aromatic heterocycles.